The molecule has 1 aromatic rings. The lowest BCUT2D eigenvalue weighted by Crippen LogP contribution is -2.05. The van der Waals surface area contributed by atoms with Crippen LogP contribution in [0.2, 0.25) is 5.02 Å². The van der Waals surface area contributed by atoms with Crippen molar-refractivity contribution in [1.29, 1.82) is 0 Å². The highest BCUT2D eigenvalue weighted by Gasteiger charge is 2.14. The van der Waals surface area contributed by atoms with Crippen molar-refractivity contribution in [2.75, 3.05) is 6.61 Å². The zero-order valence-electron chi connectivity index (χ0n) is 9.09. The molecule has 0 aliphatic carbocycles. The Balaban J connectivity index is 3.03. The van der Waals surface area contributed by atoms with E-state index in [4.69, 9.17) is 11.6 Å². The molecule has 0 aliphatic heterocycles. The summed E-state index contributed by atoms with van der Waals surface area (Å²) in [6, 6.07) is 6.65. The van der Waals surface area contributed by atoms with Gasteiger partial charge in [-0.2, -0.15) is 4.39 Å². The summed E-state index contributed by atoms with van der Waals surface area (Å²) < 4.78 is 18.1. The number of rotatable bonds is 3. The van der Waals surface area contributed by atoms with Crippen LogP contribution in [0.3, 0.4) is 0 Å². The SMILES string of the molecule is CCOC(=O)/C(F)=C(/C)c1cccc(Cl)c1. The second-order valence-electron chi connectivity index (χ2n) is 3.17. The second kappa shape index (κ2) is 5.66. The Morgan fingerprint density at radius 2 is 2.19 bits per heavy atom. The largest absolute Gasteiger partial charge is 0.461 e. The first kappa shape index (κ1) is 12.7. The van der Waals surface area contributed by atoms with E-state index >= 15 is 0 Å². The molecule has 0 saturated carbocycles. The van der Waals surface area contributed by atoms with Gasteiger partial charge in [0.25, 0.3) is 0 Å². The Kier molecular flexibility index (Phi) is 4.50. The monoisotopic (exact) mass is 242 g/mol. The van der Waals surface area contributed by atoms with E-state index in [0.717, 1.165) is 0 Å². The third-order valence-corrected chi connectivity index (χ3v) is 2.28. The van der Waals surface area contributed by atoms with Crippen LogP contribution in [-0.4, -0.2) is 12.6 Å². The molecular weight excluding hydrogens is 231 g/mol. The summed E-state index contributed by atoms with van der Waals surface area (Å²) in [5.41, 5.74) is 0.791. The second-order valence-corrected chi connectivity index (χ2v) is 3.61. The number of halogens is 2. The third kappa shape index (κ3) is 3.07. The lowest BCUT2D eigenvalue weighted by molar-refractivity contribution is -0.140. The van der Waals surface area contributed by atoms with Crippen LogP contribution in [0.5, 0.6) is 0 Å². The average Bonchev–Trinajstić information content (AvgIpc) is 2.27. The molecule has 0 heterocycles. The zero-order valence-corrected chi connectivity index (χ0v) is 9.84. The minimum atomic E-state index is -0.944. The van der Waals surface area contributed by atoms with Crippen molar-refractivity contribution in [3.05, 3.63) is 40.7 Å². The van der Waals surface area contributed by atoms with Crippen LogP contribution in [-0.2, 0) is 9.53 Å². The molecule has 0 fully saturated rings. The summed E-state index contributed by atoms with van der Waals surface area (Å²) in [6.45, 7) is 3.28. The predicted molar refractivity (Wildman–Crippen MR) is 61.8 cm³/mol. The van der Waals surface area contributed by atoms with Gasteiger partial charge in [-0.15, -0.1) is 0 Å². The van der Waals surface area contributed by atoms with E-state index in [1.54, 1.807) is 31.2 Å². The van der Waals surface area contributed by atoms with Crippen molar-refractivity contribution in [1.82, 2.24) is 0 Å². The smallest absolute Gasteiger partial charge is 0.367 e. The number of ether oxygens (including phenoxy) is 1. The summed E-state index contributed by atoms with van der Waals surface area (Å²) in [6.07, 6.45) is 0. The lowest BCUT2D eigenvalue weighted by Gasteiger charge is -2.05. The van der Waals surface area contributed by atoms with Crippen LogP contribution in [0.15, 0.2) is 30.1 Å². The molecule has 0 radical (unpaired) electrons. The van der Waals surface area contributed by atoms with Crippen molar-refractivity contribution >= 4 is 23.1 Å². The fourth-order valence-electron chi connectivity index (χ4n) is 1.20. The molecule has 1 aromatic carbocycles. The molecule has 0 amide bonds. The maximum atomic E-state index is 13.6. The normalized spacial score (nSPS) is 12.0. The lowest BCUT2D eigenvalue weighted by atomic mass is 10.1. The van der Waals surface area contributed by atoms with E-state index < -0.39 is 11.8 Å². The van der Waals surface area contributed by atoms with E-state index in [1.165, 1.54) is 6.92 Å². The number of carbonyl (C=O) groups is 1. The summed E-state index contributed by atoms with van der Waals surface area (Å²) in [4.78, 5) is 11.2. The fourth-order valence-corrected chi connectivity index (χ4v) is 1.39. The molecule has 0 atom stereocenters. The van der Waals surface area contributed by atoms with Crippen LogP contribution in [0.1, 0.15) is 19.4 Å². The molecule has 1 rings (SSSR count). The summed E-state index contributed by atoms with van der Waals surface area (Å²) >= 11 is 5.77. The van der Waals surface area contributed by atoms with Crippen molar-refractivity contribution < 1.29 is 13.9 Å². The van der Waals surface area contributed by atoms with Gasteiger partial charge in [-0.05, 0) is 37.1 Å². The summed E-state index contributed by atoms with van der Waals surface area (Å²) in [5.74, 6) is -1.83. The maximum absolute atomic E-state index is 13.6. The molecule has 0 bridgehead atoms. The van der Waals surface area contributed by atoms with Gasteiger partial charge in [-0.3, -0.25) is 0 Å². The first-order valence-corrected chi connectivity index (χ1v) is 5.23. The Morgan fingerprint density at radius 1 is 1.50 bits per heavy atom. The summed E-state index contributed by atoms with van der Waals surface area (Å²) in [5, 5.41) is 0.494. The molecule has 16 heavy (non-hydrogen) atoms. The van der Waals surface area contributed by atoms with Gasteiger partial charge in [0.15, 0.2) is 0 Å². The van der Waals surface area contributed by atoms with Crippen LogP contribution in [0, 0.1) is 0 Å². The predicted octanol–water partition coefficient (Wildman–Crippen LogP) is 3.60. The molecule has 0 N–H and O–H groups in total. The molecule has 0 aromatic heterocycles. The fraction of sp³-hybridized carbons (Fsp3) is 0.250. The van der Waals surface area contributed by atoms with Gasteiger partial charge in [0, 0.05) is 5.02 Å². The zero-order chi connectivity index (χ0) is 12.1. The van der Waals surface area contributed by atoms with E-state index in [9.17, 15) is 9.18 Å². The molecule has 4 heteroatoms. The van der Waals surface area contributed by atoms with E-state index in [-0.39, 0.29) is 12.2 Å². The van der Waals surface area contributed by atoms with Crippen molar-refractivity contribution in [3.8, 4) is 0 Å². The molecule has 0 spiro atoms. The number of benzene rings is 1. The maximum Gasteiger partial charge on any atom is 0.367 e. The van der Waals surface area contributed by atoms with Gasteiger partial charge in [0.05, 0.1) is 6.61 Å². The molecule has 86 valence electrons. The highest BCUT2D eigenvalue weighted by atomic mass is 35.5. The Labute approximate surface area is 98.7 Å². The third-order valence-electron chi connectivity index (χ3n) is 2.04. The van der Waals surface area contributed by atoms with E-state index in [2.05, 4.69) is 4.74 Å². The first-order chi connectivity index (χ1) is 7.56. The minimum absolute atomic E-state index is 0.148. The molecule has 2 nitrogen and oxygen atoms in total. The number of hydrogen-bond donors (Lipinski definition) is 0. The van der Waals surface area contributed by atoms with Crippen LogP contribution >= 0.6 is 11.6 Å². The number of carbonyl (C=O) groups excluding carboxylic acids is 1. The highest BCUT2D eigenvalue weighted by molar-refractivity contribution is 6.30. The van der Waals surface area contributed by atoms with Crippen LogP contribution < -0.4 is 0 Å². The average molecular weight is 243 g/mol. The van der Waals surface area contributed by atoms with E-state index in [0.29, 0.717) is 10.6 Å². The first-order valence-electron chi connectivity index (χ1n) is 4.85. The van der Waals surface area contributed by atoms with Gasteiger partial charge < -0.3 is 4.74 Å². The van der Waals surface area contributed by atoms with Gasteiger partial charge in [-0.25, -0.2) is 4.79 Å². The highest BCUT2D eigenvalue weighted by Crippen LogP contribution is 2.22. The number of esters is 1. The van der Waals surface area contributed by atoms with Gasteiger partial charge in [0.2, 0.25) is 5.83 Å². The number of hydrogen-bond acceptors (Lipinski definition) is 2. The van der Waals surface area contributed by atoms with E-state index in [1.807, 2.05) is 0 Å². The van der Waals surface area contributed by atoms with Crippen LogP contribution in [0.25, 0.3) is 5.57 Å². The molecule has 0 unspecified atom stereocenters. The van der Waals surface area contributed by atoms with Crippen molar-refractivity contribution in [3.63, 3.8) is 0 Å². The number of allylic oxidation sites excluding steroid dienone is 1. The molecular formula is C12H12ClFO2. The molecule has 0 saturated heterocycles. The minimum Gasteiger partial charge on any atom is -0.461 e. The Morgan fingerprint density at radius 3 is 2.75 bits per heavy atom. The van der Waals surface area contributed by atoms with Crippen molar-refractivity contribution in [2.45, 2.75) is 13.8 Å². The van der Waals surface area contributed by atoms with Crippen molar-refractivity contribution in [2.24, 2.45) is 0 Å². The Hall–Kier alpha value is -1.35. The standard InChI is InChI=1S/C12H12ClFO2/c1-3-16-12(15)11(14)8(2)9-5-4-6-10(13)7-9/h4-7H,3H2,1-2H3/b11-8+. The topological polar surface area (TPSA) is 26.3 Å². The van der Waals surface area contributed by atoms with Gasteiger partial charge >= 0.3 is 5.97 Å². The van der Waals surface area contributed by atoms with Gasteiger partial charge in [-0.1, -0.05) is 23.7 Å². The quantitative estimate of drug-likeness (QED) is 0.598. The summed E-state index contributed by atoms with van der Waals surface area (Å²) in [7, 11) is 0. The van der Waals surface area contributed by atoms with Crippen LogP contribution in [0.4, 0.5) is 4.39 Å². The van der Waals surface area contributed by atoms with Gasteiger partial charge in [0.1, 0.15) is 0 Å². The Bertz CT molecular complexity index is 427. The molecule has 0 aliphatic rings.